The Labute approximate surface area is 79.7 Å². The van der Waals surface area contributed by atoms with Crippen molar-refractivity contribution in [3.8, 4) is 0 Å². The van der Waals surface area contributed by atoms with Crippen molar-refractivity contribution in [1.29, 1.82) is 0 Å². The highest BCUT2D eigenvalue weighted by Crippen LogP contribution is 2.15. The van der Waals surface area contributed by atoms with Crippen LogP contribution in [-0.2, 0) is 14.8 Å². The van der Waals surface area contributed by atoms with Crippen molar-refractivity contribution in [3.05, 3.63) is 0 Å². The lowest BCUT2D eigenvalue weighted by molar-refractivity contribution is -0.0456. The lowest BCUT2D eigenvalue weighted by Gasteiger charge is -2.28. The van der Waals surface area contributed by atoms with Gasteiger partial charge >= 0.3 is 0 Å². The van der Waals surface area contributed by atoms with Crippen LogP contribution in [-0.4, -0.2) is 32.4 Å². The van der Waals surface area contributed by atoms with Crippen molar-refractivity contribution < 1.29 is 13.2 Å². The van der Waals surface area contributed by atoms with Crippen molar-refractivity contribution in [3.63, 3.8) is 0 Å². The van der Waals surface area contributed by atoms with Gasteiger partial charge in [0.05, 0.1) is 10.9 Å². The molecule has 78 valence electrons. The van der Waals surface area contributed by atoms with E-state index in [1.807, 2.05) is 0 Å². The molecule has 13 heavy (non-hydrogen) atoms. The molecule has 0 aromatic rings. The molecule has 0 radical (unpaired) electrons. The van der Waals surface area contributed by atoms with E-state index in [0.717, 1.165) is 13.0 Å². The van der Waals surface area contributed by atoms with Crippen LogP contribution in [0.2, 0.25) is 0 Å². The van der Waals surface area contributed by atoms with Crippen LogP contribution in [0, 0.1) is 0 Å². The minimum absolute atomic E-state index is 0.0807. The van der Waals surface area contributed by atoms with Crippen LogP contribution >= 0.6 is 0 Å². The molecule has 1 N–H and O–H groups in total. The molecular formula is C8H17NO3S. The molecule has 5 heteroatoms. The molecule has 0 amide bonds. The largest absolute Gasteiger partial charge is 0.377 e. The third-order valence-corrected chi connectivity index (χ3v) is 4.26. The van der Waals surface area contributed by atoms with Crippen molar-refractivity contribution in [2.45, 2.75) is 38.0 Å². The monoisotopic (exact) mass is 207 g/mol. The van der Waals surface area contributed by atoms with Gasteiger partial charge in [0.1, 0.15) is 0 Å². The van der Waals surface area contributed by atoms with Crippen molar-refractivity contribution in [1.82, 2.24) is 4.72 Å². The van der Waals surface area contributed by atoms with E-state index < -0.39 is 14.8 Å². The number of sulfonamides is 1. The van der Waals surface area contributed by atoms with Gasteiger partial charge in [0.2, 0.25) is 10.0 Å². The van der Waals surface area contributed by atoms with Gasteiger partial charge in [-0.2, -0.15) is 0 Å². The SMILES string of the molecule is CC(C)(C)S(=O)(=O)NCC1CCO1. The van der Waals surface area contributed by atoms with Crippen LogP contribution in [0.25, 0.3) is 0 Å². The minimum Gasteiger partial charge on any atom is -0.377 e. The molecule has 0 saturated carbocycles. The molecule has 4 nitrogen and oxygen atoms in total. The fourth-order valence-electron chi connectivity index (χ4n) is 0.865. The molecule has 1 atom stereocenters. The second kappa shape index (κ2) is 3.55. The van der Waals surface area contributed by atoms with Gasteiger partial charge in [-0.05, 0) is 27.2 Å². The van der Waals surface area contributed by atoms with Crippen molar-refractivity contribution >= 4 is 10.0 Å². The molecule has 0 aromatic heterocycles. The van der Waals surface area contributed by atoms with Gasteiger partial charge in [0, 0.05) is 13.2 Å². The molecule has 1 saturated heterocycles. The highest BCUT2D eigenvalue weighted by Gasteiger charge is 2.30. The summed E-state index contributed by atoms with van der Waals surface area (Å²) in [6.45, 7) is 6.19. The Morgan fingerprint density at radius 2 is 2.00 bits per heavy atom. The maximum absolute atomic E-state index is 11.5. The molecule has 1 heterocycles. The molecular weight excluding hydrogens is 190 g/mol. The van der Waals surface area contributed by atoms with Crippen molar-refractivity contribution in [2.24, 2.45) is 0 Å². The maximum atomic E-state index is 11.5. The van der Waals surface area contributed by atoms with Gasteiger partial charge in [-0.15, -0.1) is 0 Å². The Morgan fingerprint density at radius 1 is 1.46 bits per heavy atom. The van der Waals surface area contributed by atoms with E-state index in [2.05, 4.69) is 4.72 Å². The highest BCUT2D eigenvalue weighted by atomic mass is 32.2. The third-order valence-electron chi connectivity index (χ3n) is 2.10. The molecule has 0 aromatic carbocycles. The number of rotatable bonds is 3. The van der Waals surface area contributed by atoms with E-state index in [1.54, 1.807) is 20.8 Å². The molecule has 0 aliphatic carbocycles. The smallest absolute Gasteiger partial charge is 0.216 e. The van der Waals surface area contributed by atoms with Gasteiger partial charge in [0.25, 0.3) is 0 Å². The van der Waals surface area contributed by atoms with E-state index in [-0.39, 0.29) is 6.10 Å². The van der Waals surface area contributed by atoms with E-state index >= 15 is 0 Å². The number of ether oxygens (including phenoxy) is 1. The summed E-state index contributed by atoms with van der Waals surface area (Å²) >= 11 is 0. The third kappa shape index (κ3) is 2.65. The summed E-state index contributed by atoms with van der Waals surface area (Å²) in [6.07, 6.45) is 1.03. The lowest BCUT2D eigenvalue weighted by Crippen LogP contribution is -2.45. The van der Waals surface area contributed by atoms with E-state index in [9.17, 15) is 8.42 Å². The summed E-state index contributed by atoms with van der Waals surface area (Å²) in [6, 6.07) is 0. The van der Waals surface area contributed by atoms with Crippen LogP contribution < -0.4 is 4.72 Å². The van der Waals surface area contributed by atoms with Gasteiger partial charge in [-0.3, -0.25) is 0 Å². The zero-order valence-corrected chi connectivity index (χ0v) is 9.15. The van der Waals surface area contributed by atoms with Gasteiger partial charge in [0.15, 0.2) is 0 Å². The zero-order chi connectivity index (χ0) is 10.1. The molecule has 1 fully saturated rings. The topological polar surface area (TPSA) is 55.4 Å². The van der Waals surface area contributed by atoms with Crippen LogP contribution in [0.4, 0.5) is 0 Å². The van der Waals surface area contributed by atoms with E-state index in [0.29, 0.717) is 6.54 Å². The summed E-state index contributed by atoms with van der Waals surface area (Å²) in [5.41, 5.74) is 0. The predicted molar refractivity (Wildman–Crippen MR) is 51.0 cm³/mol. The Hall–Kier alpha value is -0.130. The summed E-state index contributed by atoms with van der Waals surface area (Å²) in [7, 11) is -3.20. The second-order valence-corrected chi connectivity index (χ2v) is 6.77. The summed E-state index contributed by atoms with van der Waals surface area (Å²) in [4.78, 5) is 0. The zero-order valence-electron chi connectivity index (χ0n) is 8.33. The fraction of sp³-hybridized carbons (Fsp3) is 1.00. The first-order valence-electron chi connectivity index (χ1n) is 4.44. The van der Waals surface area contributed by atoms with Gasteiger partial charge in [-0.25, -0.2) is 13.1 Å². The Balaban J connectivity index is 2.42. The van der Waals surface area contributed by atoms with Crippen LogP contribution in [0.5, 0.6) is 0 Å². The standard InChI is InChI=1S/C8H17NO3S/c1-8(2,3)13(10,11)9-6-7-4-5-12-7/h7,9H,4-6H2,1-3H3. The molecule has 1 aliphatic heterocycles. The summed E-state index contributed by atoms with van der Waals surface area (Å²) in [5.74, 6) is 0. The maximum Gasteiger partial charge on any atom is 0.216 e. The number of hydrogen-bond acceptors (Lipinski definition) is 3. The highest BCUT2D eigenvalue weighted by molar-refractivity contribution is 7.90. The summed E-state index contributed by atoms with van der Waals surface area (Å²) in [5, 5.41) is 0. The average Bonchev–Trinajstić information content (AvgIpc) is 1.80. The number of hydrogen-bond donors (Lipinski definition) is 1. The first-order valence-corrected chi connectivity index (χ1v) is 5.92. The first kappa shape index (κ1) is 10.9. The average molecular weight is 207 g/mol. The van der Waals surface area contributed by atoms with E-state index in [1.165, 1.54) is 0 Å². The molecule has 0 spiro atoms. The lowest BCUT2D eigenvalue weighted by atomic mass is 10.2. The normalized spacial score (nSPS) is 24.1. The second-order valence-electron chi connectivity index (χ2n) is 4.25. The van der Waals surface area contributed by atoms with Gasteiger partial charge in [-0.1, -0.05) is 0 Å². The predicted octanol–water partition coefficient (Wildman–Crippen LogP) is 0.493. The van der Waals surface area contributed by atoms with Crippen LogP contribution in [0.15, 0.2) is 0 Å². The van der Waals surface area contributed by atoms with Crippen LogP contribution in [0.1, 0.15) is 27.2 Å². The fourth-order valence-corrected chi connectivity index (χ4v) is 1.70. The molecule has 1 aliphatic rings. The van der Waals surface area contributed by atoms with Crippen LogP contribution in [0.3, 0.4) is 0 Å². The molecule has 0 bridgehead atoms. The van der Waals surface area contributed by atoms with E-state index in [4.69, 9.17) is 4.74 Å². The Morgan fingerprint density at radius 3 is 2.31 bits per heavy atom. The van der Waals surface area contributed by atoms with Gasteiger partial charge < -0.3 is 4.74 Å². The molecule has 1 unspecified atom stereocenters. The Kier molecular flexibility index (Phi) is 2.99. The quantitative estimate of drug-likeness (QED) is 0.733. The van der Waals surface area contributed by atoms with Crippen molar-refractivity contribution in [2.75, 3.05) is 13.2 Å². The summed E-state index contributed by atoms with van der Waals surface area (Å²) < 4.78 is 30.0. The molecule has 1 rings (SSSR count). The minimum atomic E-state index is -3.20. The first-order chi connectivity index (χ1) is 5.83. The number of nitrogens with one attached hydrogen (secondary N) is 1. The Bertz CT molecular complexity index is 262.